The molecule has 16 heavy (non-hydrogen) atoms. The van der Waals surface area contributed by atoms with E-state index in [2.05, 4.69) is 4.98 Å². The molecule has 0 aliphatic rings. The van der Waals surface area contributed by atoms with Gasteiger partial charge >= 0.3 is 0 Å². The number of pyridine rings is 1. The smallest absolute Gasteiger partial charge is 0.212 e. The molecule has 0 spiro atoms. The average Bonchev–Trinajstić information content (AvgIpc) is 2.38. The summed E-state index contributed by atoms with van der Waals surface area (Å²) >= 11 is 0. The van der Waals surface area contributed by atoms with Crippen molar-refractivity contribution < 1.29 is 9.30 Å². The van der Waals surface area contributed by atoms with Crippen LogP contribution in [0, 0.1) is 0 Å². The average molecular weight is 231 g/mol. The second kappa shape index (κ2) is 4.86. The Hall–Kier alpha value is -1.73. The van der Waals surface area contributed by atoms with Crippen molar-refractivity contribution in [2.45, 2.75) is 0 Å². The minimum absolute atomic E-state index is 0.0720. The van der Waals surface area contributed by atoms with Gasteiger partial charge in [0.15, 0.2) is 0 Å². The van der Waals surface area contributed by atoms with E-state index in [-0.39, 0.29) is 8.46 Å². The fourth-order valence-electron chi connectivity index (χ4n) is 1.48. The van der Waals surface area contributed by atoms with Crippen molar-refractivity contribution in [1.82, 2.24) is 4.98 Å². The maximum absolute atomic E-state index is 10.7. The maximum atomic E-state index is 10.7. The Morgan fingerprint density at radius 3 is 2.69 bits per heavy atom. The van der Waals surface area contributed by atoms with Crippen molar-refractivity contribution in [1.29, 1.82) is 0 Å². The summed E-state index contributed by atoms with van der Waals surface area (Å²) in [5.41, 5.74) is 2.18. The number of nitrogens with zero attached hydrogens (tertiary/aromatic N) is 1. The van der Waals surface area contributed by atoms with Crippen LogP contribution in [0.5, 0.6) is 5.75 Å². The summed E-state index contributed by atoms with van der Waals surface area (Å²) in [5, 5.41) is 0. The van der Waals surface area contributed by atoms with Crippen molar-refractivity contribution in [3.63, 3.8) is 0 Å². The van der Waals surface area contributed by atoms with E-state index < -0.39 is 0 Å². The Balaban J connectivity index is 2.53. The highest BCUT2D eigenvalue weighted by molar-refractivity contribution is 7.33. The third-order valence-electron chi connectivity index (χ3n) is 2.21. The SMILES string of the molecule is COc1ccccc1-c1cccc(P=O)n1. The lowest BCUT2D eigenvalue weighted by Crippen LogP contribution is -1.99. The van der Waals surface area contributed by atoms with Gasteiger partial charge in [0.25, 0.3) is 0 Å². The Morgan fingerprint density at radius 1 is 1.12 bits per heavy atom. The predicted molar refractivity (Wildman–Crippen MR) is 63.5 cm³/mol. The maximum Gasteiger partial charge on any atom is 0.212 e. The van der Waals surface area contributed by atoms with Gasteiger partial charge in [0.05, 0.1) is 12.8 Å². The second-order valence-electron chi connectivity index (χ2n) is 3.17. The van der Waals surface area contributed by atoms with Crippen LogP contribution in [-0.4, -0.2) is 12.1 Å². The summed E-state index contributed by atoms with van der Waals surface area (Å²) in [4.78, 5) is 4.27. The van der Waals surface area contributed by atoms with E-state index in [9.17, 15) is 4.57 Å². The largest absolute Gasteiger partial charge is 0.496 e. The Bertz CT molecular complexity index is 514. The molecule has 0 atom stereocenters. The molecule has 0 unspecified atom stereocenters. The molecule has 2 aromatic rings. The zero-order valence-electron chi connectivity index (χ0n) is 8.75. The van der Waals surface area contributed by atoms with Gasteiger partial charge in [0, 0.05) is 5.56 Å². The number of rotatable bonds is 3. The number of hydrogen-bond acceptors (Lipinski definition) is 3. The van der Waals surface area contributed by atoms with Gasteiger partial charge < -0.3 is 4.74 Å². The third-order valence-corrected chi connectivity index (χ3v) is 2.65. The van der Waals surface area contributed by atoms with Crippen LogP contribution >= 0.6 is 8.46 Å². The number of aromatic nitrogens is 1. The molecule has 3 nitrogen and oxygen atoms in total. The molecule has 0 aliphatic carbocycles. The van der Waals surface area contributed by atoms with Gasteiger partial charge in [-0.3, -0.25) is 4.57 Å². The molecule has 4 heteroatoms. The van der Waals surface area contributed by atoms with Crippen molar-refractivity contribution >= 4 is 13.9 Å². The molecule has 80 valence electrons. The summed E-state index contributed by atoms with van der Waals surface area (Å²) < 4.78 is 16.0. The highest BCUT2D eigenvalue weighted by atomic mass is 31.1. The van der Waals surface area contributed by atoms with Crippen LogP contribution in [0.2, 0.25) is 0 Å². The van der Waals surface area contributed by atoms with Crippen LogP contribution in [0.15, 0.2) is 42.5 Å². The van der Waals surface area contributed by atoms with Crippen LogP contribution in [-0.2, 0) is 4.57 Å². The molecule has 2 rings (SSSR count). The highest BCUT2D eigenvalue weighted by Crippen LogP contribution is 2.27. The predicted octanol–water partition coefficient (Wildman–Crippen LogP) is 2.67. The normalized spacial score (nSPS) is 10.3. The van der Waals surface area contributed by atoms with Crippen LogP contribution in [0.3, 0.4) is 0 Å². The first-order valence-electron chi connectivity index (χ1n) is 4.79. The first-order chi connectivity index (χ1) is 7.85. The minimum atomic E-state index is -0.0720. The lowest BCUT2D eigenvalue weighted by atomic mass is 10.1. The molecule has 0 fully saturated rings. The van der Waals surface area contributed by atoms with E-state index in [0.717, 1.165) is 17.0 Å². The summed E-state index contributed by atoms with van der Waals surface area (Å²) in [6, 6.07) is 13.0. The molecule has 0 aliphatic heterocycles. The van der Waals surface area contributed by atoms with Crippen LogP contribution in [0.1, 0.15) is 0 Å². The first kappa shape index (κ1) is 10.8. The highest BCUT2D eigenvalue weighted by Gasteiger charge is 2.06. The molecule has 0 N–H and O–H groups in total. The molecule has 0 radical (unpaired) electrons. The van der Waals surface area contributed by atoms with Gasteiger partial charge in [-0.15, -0.1) is 0 Å². The van der Waals surface area contributed by atoms with Crippen LogP contribution in [0.4, 0.5) is 0 Å². The monoisotopic (exact) mass is 231 g/mol. The van der Waals surface area contributed by atoms with Gasteiger partial charge in [-0.1, -0.05) is 18.2 Å². The van der Waals surface area contributed by atoms with E-state index in [1.165, 1.54) is 0 Å². The third kappa shape index (κ3) is 2.10. The first-order valence-corrected chi connectivity index (χ1v) is 5.60. The van der Waals surface area contributed by atoms with E-state index in [0.29, 0.717) is 5.44 Å². The fourth-order valence-corrected chi connectivity index (χ4v) is 1.78. The number of benzene rings is 1. The number of ether oxygens (including phenoxy) is 1. The molecule has 0 bridgehead atoms. The number of hydrogen-bond donors (Lipinski definition) is 0. The molecule has 1 aromatic carbocycles. The molecular weight excluding hydrogens is 221 g/mol. The van der Waals surface area contributed by atoms with E-state index in [1.807, 2.05) is 36.4 Å². The summed E-state index contributed by atoms with van der Waals surface area (Å²) in [6.45, 7) is 0. The number of methoxy groups -OCH3 is 1. The molecule has 0 amide bonds. The van der Waals surface area contributed by atoms with Crippen molar-refractivity contribution in [3.05, 3.63) is 42.5 Å². The van der Waals surface area contributed by atoms with Crippen LogP contribution in [0.25, 0.3) is 11.3 Å². The van der Waals surface area contributed by atoms with E-state index in [4.69, 9.17) is 4.74 Å². The Morgan fingerprint density at radius 2 is 1.94 bits per heavy atom. The van der Waals surface area contributed by atoms with Gasteiger partial charge in [0.2, 0.25) is 8.46 Å². The molecule has 0 saturated heterocycles. The fraction of sp³-hybridized carbons (Fsp3) is 0.0833. The molecule has 0 saturated carbocycles. The quantitative estimate of drug-likeness (QED) is 0.762. The standard InChI is InChI=1S/C12H10NO2P/c1-15-11-7-3-2-5-9(11)10-6-4-8-12(13-10)16-14/h2-8H,1H3. The van der Waals surface area contributed by atoms with E-state index in [1.54, 1.807) is 13.2 Å². The minimum Gasteiger partial charge on any atom is -0.496 e. The van der Waals surface area contributed by atoms with Gasteiger partial charge in [-0.2, -0.15) is 0 Å². The van der Waals surface area contributed by atoms with Gasteiger partial charge in [-0.25, -0.2) is 4.98 Å². The topological polar surface area (TPSA) is 39.2 Å². The van der Waals surface area contributed by atoms with Crippen molar-refractivity contribution in [3.8, 4) is 17.0 Å². The van der Waals surface area contributed by atoms with Crippen molar-refractivity contribution in [2.75, 3.05) is 7.11 Å². The van der Waals surface area contributed by atoms with Gasteiger partial charge in [-0.05, 0) is 24.3 Å². The van der Waals surface area contributed by atoms with Crippen molar-refractivity contribution in [2.24, 2.45) is 0 Å². The molecular formula is C12H10NO2P. The summed E-state index contributed by atoms with van der Waals surface area (Å²) in [5.74, 6) is 0.759. The van der Waals surface area contributed by atoms with Gasteiger partial charge in [0.1, 0.15) is 11.2 Å². The zero-order valence-corrected chi connectivity index (χ0v) is 9.65. The molecule has 1 aromatic heterocycles. The van der Waals surface area contributed by atoms with Crippen LogP contribution < -0.4 is 10.2 Å². The van der Waals surface area contributed by atoms with E-state index >= 15 is 0 Å². The number of para-hydroxylation sites is 1. The molecule has 1 heterocycles. The summed E-state index contributed by atoms with van der Waals surface area (Å²) in [6.07, 6.45) is 0. The lowest BCUT2D eigenvalue weighted by molar-refractivity contribution is 0.416. The zero-order chi connectivity index (χ0) is 11.4. The Labute approximate surface area is 95.3 Å². The second-order valence-corrected chi connectivity index (χ2v) is 3.81. The lowest BCUT2D eigenvalue weighted by Gasteiger charge is -2.07. The summed E-state index contributed by atoms with van der Waals surface area (Å²) in [7, 11) is 1.55. The Kier molecular flexibility index (Phi) is 3.28.